The van der Waals surface area contributed by atoms with Crippen LogP contribution in [0.25, 0.3) is 0 Å². The maximum absolute atomic E-state index is 10.6. The Labute approximate surface area is 111 Å². The fourth-order valence-corrected chi connectivity index (χ4v) is 5.03. The summed E-state index contributed by atoms with van der Waals surface area (Å²) in [4.78, 5) is 0. The van der Waals surface area contributed by atoms with E-state index in [0.29, 0.717) is 23.9 Å². The summed E-state index contributed by atoms with van der Waals surface area (Å²) >= 11 is 0. The smallest absolute Gasteiger partial charge is 0.0387 e. The third kappa shape index (κ3) is 2.00. The van der Waals surface area contributed by atoms with Crippen molar-refractivity contribution in [1.29, 1.82) is 0 Å². The van der Waals surface area contributed by atoms with Crippen LogP contribution in [0, 0.1) is 23.7 Å². The lowest BCUT2D eigenvalue weighted by Crippen LogP contribution is -2.59. The van der Waals surface area contributed by atoms with E-state index in [0.717, 1.165) is 24.8 Å². The zero-order valence-corrected chi connectivity index (χ0v) is 11.6. The van der Waals surface area contributed by atoms with Gasteiger partial charge in [0.1, 0.15) is 0 Å². The van der Waals surface area contributed by atoms with Crippen LogP contribution in [0.3, 0.4) is 0 Å². The van der Waals surface area contributed by atoms with Crippen molar-refractivity contribution >= 4 is 0 Å². The molecule has 2 saturated carbocycles. The molecule has 3 heteroatoms. The Morgan fingerprint density at radius 1 is 1.06 bits per heavy atom. The molecular formula is C15H28N2O. The molecule has 0 amide bonds. The number of hydrogen-bond donors (Lipinski definition) is 2. The van der Waals surface area contributed by atoms with Gasteiger partial charge in [-0.05, 0) is 62.3 Å². The van der Waals surface area contributed by atoms with Gasteiger partial charge in [0.05, 0.1) is 0 Å². The van der Waals surface area contributed by atoms with Gasteiger partial charge in [-0.25, -0.2) is 0 Å². The van der Waals surface area contributed by atoms with Crippen molar-refractivity contribution in [2.45, 2.75) is 64.0 Å². The van der Waals surface area contributed by atoms with Gasteiger partial charge < -0.3 is 10.9 Å². The van der Waals surface area contributed by atoms with E-state index in [1.54, 1.807) is 5.06 Å². The van der Waals surface area contributed by atoms with Crippen molar-refractivity contribution in [2.24, 2.45) is 29.4 Å². The Morgan fingerprint density at radius 2 is 1.78 bits per heavy atom. The minimum Gasteiger partial charge on any atom is -0.330 e. The second-order valence-electron chi connectivity index (χ2n) is 6.90. The molecule has 1 saturated heterocycles. The summed E-state index contributed by atoms with van der Waals surface area (Å²) in [5.41, 5.74) is 5.84. The summed E-state index contributed by atoms with van der Waals surface area (Å²) in [5, 5.41) is 12.4. The molecule has 2 aliphatic carbocycles. The first-order chi connectivity index (χ1) is 8.72. The minimum atomic E-state index is 0.390. The molecule has 6 unspecified atom stereocenters. The highest BCUT2D eigenvalue weighted by molar-refractivity contribution is 4.99. The standard InChI is InChI=1S/C15H28N2O/c1-10-12-4-2-3-5-14(12)17(18)15-8-11(9-16)6-7-13(10)15/h10-15,18H,2-9,16H2,1H3. The number of rotatable bonds is 1. The van der Waals surface area contributed by atoms with Gasteiger partial charge in [-0.15, -0.1) is 0 Å². The summed E-state index contributed by atoms with van der Waals surface area (Å²) in [7, 11) is 0. The van der Waals surface area contributed by atoms with E-state index in [4.69, 9.17) is 5.73 Å². The lowest BCUT2D eigenvalue weighted by atomic mass is 9.61. The van der Waals surface area contributed by atoms with Crippen LogP contribution in [0.4, 0.5) is 0 Å². The molecule has 1 heterocycles. The first-order valence-corrected chi connectivity index (χ1v) is 7.89. The fraction of sp³-hybridized carbons (Fsp3) is 1.00. The number of nitrogens with zero attached hydrogens (tertiary/aromatic N) is 1. The van der Waals surface area contributed by atoms with Crippen LogP contribution in [0.5, 0.6) is 0 Å². The normalized spacial score (nSPS) is 49.5. The Bertz CT molecular complexity index is 296. The van der Waals surface area contributed by atoms with E-state index >= 15 is 0 Å². The average Bonchev–Trinajstić information content (AvgIpc) is 2.44. The maximum atomic E-state index is 10.6. The molecule has 6 atom stereocenters. The molecule has 3 N–H and O–H groups in total. The third-order valence-corrected chi connectivity index (χ3v) is 6.12. The summed E-state index contributed by atoms with van der Waals surface area (Å²) in [6.45, 7) is 3.23. The van der Waals surface area contributed by atoms with Crippen molar-refractivity contribution in [2.75, 3.05) is 6.54 Å². The molecule has 104 valence electrons. The van der Waals surface area contributed by atoms with Crippen LogP contribution in [-0.2, 0) is 0 Å². The fourth-order valence-electron chi connectivity index (χ4n) is 5.03. The molecule has 0 aromatic rings. The van der Waals surface area contributed by atoms with Crippen LogP contribution in [-0.4, -0.2) is 28.9 Å². The first kappa shape index (κ1) is 12.9. The highest BCUT2D eigenvalue weighted by atomic mass is 16.5. The zero-order chi connectivity index (χ0) is 12.7. The Balaban J connectivity index is 1.79. The van der Waals surface area contributed by atoms with Gasteiger partial charge >= 0.3 is 0 Å². The van der Waals surface area contributed by atoms with E-state index in [1.807, 2.05) is 0 Å². The molecule has 18 heavy (non-hydrogen) atoms. The summed E-state index contributed by atoms with van der Waals surface area (Å²) in [6.07, 6.45) is 8.84. The Kier molecular flexibility index (Phi) is 3.65. The molecule has 3 fully saturated rings. The van der Waals surface area contributed by atoms with Crippen molar-refractivity contribution in [3.05, 3.63) is 0 Å². The van der Waals surface area contributed by atoms with E-state index in [9.17, 15) is 5.21 Å². The summed E-state index contributed by atoms with van der Waals surface area (Å²) in [5.74, 6) is 2.87. The van der Waals surface area contributed by atoms with E-state index in [1.165, 1.54) is 38.5 Å². The second-order valence-corrected chi connectivity index (χ2v) is 6.90. The van der Waals surface area contributed by atoms with Gasteiger partial charge in [-0.2, -0.15) is 5.06 Å². The monoisotopic (exact) mass is 252 g/mol. The number of nitrogens with two attached hydrogens (primary N) is 1. The molecular weight excluding hydrogens is 224 g/mol. The molecule has 3 aliphatic rings. The molecule has 3 nitrogen and oxygen atoms in total. The molecule has 0 aromatic heterocycles. The number of hydrogen-bond acceptors (Lipinski definition) is 3. The van der Waals surface area contributed by atoms with E-state index in [-0.39, 0.29) is 0 Å². The van der Waals surface area contributed by atoms with Crippen LogP contribution in [0.15, 0.2) is 0 Å². The molecule has 0 radical (unpaired) electrons. The SMILES string of the molecule is CC1C2CCCCC2N(O)C2CC(CN)CCC12. The molecule has 3 rings (SSSR count). The van der Waals surface area contributed by atoms with Crippen LogP contribution in [0.2, 0.25) is 0 Å². The quantitative estimate of drug-likeness (QED) is 0.754. The topological polar surface area (TPSA) is 49.5 Å². The van der Waals surface area contributed by atoms with Gasteiger partial charge in [0.25, 0.3) is 0 Å². The van der Waals surface area contributed by atoms with Crippen molar-refractivity contribution in [3.63, 3.8) is 0 Å². The predicted octanol–water partition coefficient (Wildman–Crippen LogP) is 2.63. The van der Waals surface area contributed by atoms with Gasteiger partial charge in [0.15, 0.2) is 0 Å². The van der Waals surface area contributed by atoms with Crippen molar-refractivity contribution in [1.82, 2.24) is 5.06 Å². The minimum absolute atomic E-state index is 0.390. The highest BCUT2D eigenvalue weighted by Crippen LogP contribution is 2.48. The van der Waals surface area contributed by atoms with Gasteiger partial charge in [-0.1, -0.05) is 19.8 Å². The summed E-state index contributed by atoms with van der Waals surface area (Å²) in [6, 6.07) is 0.827. The Hall–Kier alpha value is -0.120. The second kappa shape index (κ2) is 5.10. The zero-order valence-electron chi connectivity index (χ0n) is 11.6. The largest absolute Gasteiger partial charge is 0.330 e. The van der Waals surface area contributed by atoms with Crippen LogP contribution in [0.1, 0.15) is 51.9 Å². The molecule has 1 aliphatic heterocycles. The third-order valence-electron chi connectivity index (χ3n) is 6.12. The van der Waals surface area contributed by atoms with E-state index < -0.39 is 0 Å². The van der Waals surface area contributed by atoms with Gasteiger partial charge in [0.2, 0.25) is 0 Å². The van der Waals surface area contributed by atoms with Crippen molar-refractivity contribution < 1.29 is 5.21 Å². The van der Waals surface area contributed by atoms with Crippen LogP contribution >= 0.6 is 0 Å². The number of piperidine rings is 1. The lowest BCUT2D eigenvalue weighted by Gasteiger charge is -2.55. The van der Waals surface area contributed by atoms with Crippen molar-refractivity contribution in [3.8, 4) is 0 Å². The number of fused-ring (bicyclic) bond motifs is 2. The van der Waals surface area contributed by atoms with E-state index in [2.05, 4.69) is 6.92 Å². The predicted molar refractivity (Wildman–Crippen MR) is 72.2 cm³/mol. The first-order valence-electron chi connectivity index (χ1n) is 7.89. The van der Waals surface area contributed by atoms with Gasteiger partial charge in [0, 0.05) is 12.1 Å². The maximum Gasteiger partial charge on any atom is 0.0387 e. The molecule has 0 bridgehead atoms. The molecule has 0 spiro atoms. The Morgan fingerprint density at radius 3 is 2.56 bits per heavy atom. The lowest BCUT2D eigenvalue weighted by molar-refractivity contribution is -0.240. The average molecular weight is 252 g/mol. The number of hydroxylamine groups is 2. The molecule has 0 aromatic carbocycles. The van der Waals surface area contributed by atoms with Gasteiger partial charge in [-0.3, -0.25) is 0 Å². The highest BCUT2D eigenvalue weighted by Gasteiger charge is 2.49. The van der Waals surface area contributed by atoms with Crippen LogP contribution < -0.4 is 5.73 Å². The summed E-state index contributed by atoms with van der Waals surface area (Å²) < 4.78 is 0.